The molecule has 20 heavy (non-hydrogen) atoms. The first-order chi connectivity index (χ1) is 9.28. The highest BCUT2D eigenvalue weighted by molar-refractivity contribution is 7.89. The molecule has 1 saturated heterocycles. The van der Waals surface area contributed by atoms with Crippen LogP contribution in [0.2, 0.25) is 0 Å². The quantitative estimate of drug-likeness (QED) is 0.616. The lowest BCUT2D eigenvalue weighted by molar-refractivity contribution is 0.0910. The second kappa shape index (κ2) is 8.23. The van der Waals surface area contributed by atoms with E-state index in [2.05, 4.69) is 9.62 Å². The molecule has 1 aliphatic heterocycles. The molecule has 0 aliphatic carbocycles. The Balaban J connectivity index is 2.29. The van der Waals surface area contributed by atoms with Gasteiger partial charge in [-0.05, 0) is 26.7 Å². The van der Waals surface area contributed by atoms with Gasteiger partial charge in [0.15, 0.2) is 0 Å². The van der Waals surface area contributed by atoms with Crippen LogP contribution in [-0.4, -0.2) is 62.4 Å². The third-order valence-electron chi connectivity index (χ3n) is 3.12. The van der Waals surface area contributed by atoms with Gasteiger partial charge in [-0.3, -0.25) is 4.90 Å². The maximum atomic E-state index is 11.9. The number of sulfonamides is 1. The Labute approximate surface area is 127 Å². The Bertz CT molecular complexity index is 404. The molecule has 0 saturated carbocycles. The molecular weight excluding hydrogens is 298 g/mol. The average Bonchev–Trinajstić information content (AvgIpc) is 2.29. The number of likely N-dealkylation sites (tertiary alicyclic amines) is 1. The molecule has 118 valence electrons. The van der Waals surface area contributed by atoms with Crippen LogP contribution in [-0.2, 0) is 14.8 Å². The Kier molecular flexibility index (Phi) is 7.32. The fraction of sp³-hybridized carbons (Fsp3) is 0.917. The van der Waals surface area contributed by atoms with E-state index >= 15 is 0 Å². The fourth-order valence-corrected chi connectivity index (χ4v) is 3.50. The van der Waals surface area contributed by atoms with E-state index in [1.54, 1.807) is 0 Å². The predicted octanol–water partition coefficient (Wildman–Crippen LogP) is 0.0813. The zero-order valence-electron chi connectivity index (χ0n) is 12.2. The van der Waals surface area contributed by atoms with Gasteiger partial charge in [-0.1, -0.05) is 12.2 Å². The highest BCUT2D eigenvalue weighted by atomic mass is 32.2. The normalized spacial score (nSPS) is 18.6. The van der Waals surface area contributed by atoms with Gasteiger partial charge < -0.3 is 10.5 Å². The van der Waals surface area contributed by atoms with Crippen LogP contribution in [0.15, 0.2) is 0 Å². The number of piperidine rings is 1. The van der Waals surface area contributed by atoms with Gasteiger partial charge in [-0.2, -0.15) is 0 Å². The van der Waals surface area contributed by atoms with E-state index < -0.39 is 10.0 Å². The number of nitrogens with two attached hydrogens (primary N) is 1. The van der Waals surface area contributed by atoms with Crippen molar-refractivity contribution in [3.63, 3.8) is 0 Å². The third-order valence-corrected chi connectivity index (χ3v) is 4.64. The van der Waals surface area contributed by atoms with Crippen LogP contribution in [0, 0.1) is 0 Å². The average molecular weight is 323 g/mol. The molecule has 6 nitrogen and oxygen atoms in total. The summed E-state index contributed by atoms with van der Waals surface area (Å²) in [4.78, 5) is 2.63. The minimum Gasteiger partial charge on any atom is -0.392 e. The second-order valence-electron chi connectivity index (χ2n) is 5.37. The van der Waals surface area contributed by atoms with Crippen molar-refractivity contribution in [2.75, 3.05) is 32.0 Å². The van der Waals surface area contributed by atoms with E-state index in [-0.39, 0.29) is 24.5 Å². The van der Waals surface area contributed by atoms with Crippen molar-refractivity contribution < 1.29 is 13.2 Å². The topological polar surface area (TPSA) is 84.7 Å². The summed E-state index contributed by atoms with van der Waals surface area (Å²) in [5.74, 6) is 0.0122. The molecule has 0 bridgehead atoms. The van der Waals surface area contributed by atoms with Crippen molar-refractivity contribution >= 4 is 27.2 Å². The first kappa shape index (κ1) is 17.8. The number of rotatable bonds is 8. The van der Waals surface area contributed by atoms with E-state index in [4.69, 9.17) is 22.7 Å². The van der Waals surface area contributed by atoms with Crippen LogP contribution in [0.1, 0.15) is 26.7 Å². The van der Waals surface area contributed by atoms with Crippen molar-refractivity contribution in [2.24, 2.45) is 5.73 Å². The largest absolute Gasteiger partial charge is 0.392 e. The zero-order valence-corrected chi connectivity index (χ0v) is 13.8. The van der Waals surface area contributed by atoms with Gasteiger partial charge in [0.2, 0.25) is 10.0 Å². The number of hydrogen-bond donors (Lipinski definition) is 2. The van der Waals surface area contributed by atoms with E-state index in [0.29, 0.717) is 11.5 Å². The number of nitrogens with zero attached hydrogens (tertiary/aromatic N) is 1. The first-order valence-corrected chi connectivity index (χ1v) is 8.97. The SMILES string of the molecule is CC(C)OCCS(=O)(=O)NC1CCN(CC(N)=S)CC1. The maximum Gasteiger partial charge on any atom is 0.214 e. The molecule has 0 aromatic carbocycles. The van der Waals surface area contributed by atoms with Crippen molar-refractivity contribution in [1.82, 2.24) is 9.62 Å². The van der Waals surface area contributed by atoms with Crippen molar-refractivity contribution in [2.45, 2.75) is 38.8 Å². The van der Waals surface area contributed by atoms with E-state index in [1.807, 2.05) is 13.8 Å². The van der Waals surface area contributed by atoms with Gasteiger partial charge >= 0.3 is 0 Å². The Morgan fingerprint density at radius 1 is 1.45 bits per heavy atom. The van der Waals surface area contributed by atoms with Crippen LogP contribution >= 0.6 is 12.2 Å². The van der Waals surface area contributed by atoms with Crippen LogP contribution in [0.4, 0.5) is 0 Å². The predicted molar refractivity (Wildman–Crippen MR) is 84.3 cm³/mol. The van der Waals surface area contributed by atoms with Gasteiger partial charge in [0.25, 0.3) is 0 Å². The number of thiocarbonyl (C=S) groups is 1. The highest BCUT2D eigenvalue weighted by Crippen LogP contribution is 2.11. The summed E-state index contributed by atoms with van der Waals surface area (Å²) < 4.78 is 31.8. The van der Waals surface area contributed by atoms with Crippen LogP contribution in [0.5, 0.6) is 0 Å². The summed E-state index contributed by atoms with van der Waals surface area (Å²) in [6, 6.07) is 0.00152. The van der Waals surface area contributed by atoms with Crippen LogP contribution in [0.25, 0.3) is 0 Å². The molecule has 0 aromatic heterocycles. The van der Waals surface area contributed by atoms with Crippen molar-refractivity contribution in [1.29, 1.82) is 0 Å². The minimum atomic E-state index is -3.26. The molecule has 1 aliphatic rings. The fourth-order valence-electron chi connectivity index (χ4n) is 2.14. The summed E-state index contributed by atoms with van der Waals surface area (Å²) in [5, 5.41) is 0. The molecule has 1 rings (SSSR count). The summed E-state index contributed by atoms with van der Waals surface area (Å²) in [6.45, 7) is 6.24. The molecular formula is C12H25N3O3S2. The molecule has 0 radical (unpaired) electrons. The van der Waals surface area contributed by atoms with Gasteiger partial charge in [0.1, 0.15) is 0 Å². The molecule has 0 unspecified atom stereocenters. The molecule has 1 fully saturated rings. The standard InChI is InChI=1S/C12H25N3O3S2/c1-10(2)18-7-8-20(16,17)14-11-3-5-15(6-4-11)9-12(13)19/h10-11,14H,3-9H2,1-2H3,(H2,13,19). The Morgan fingerprint density at radius 3 is 2.55 bits per heavy atom. The molecule has 0 atom stereocenters. The van der Waals surface area contributed by atoms with Crippen molar-refractivity contribution in [3.8, 4) is 0 Å². The third kappa shape index (κ3) is 7.49. The molecule has 8 heteroatoms. The summed E-state index contributed by atoms with van der Waals surface area (Å²) in [5.41, 5.74) is 5.50. The Hall–Kier alpha value is -0.280. The lowest BCUT2D eigenvalue weighted by atomic mass is 10.1. The zero-order chi connectivity index (χ0) is 15.2. The van der Waals surface area contributed by atoms with Gasteiger partial charge in [-0.25, -0.2) is 13.1 Å². The van der Waals surface area contributed by atoms with Crippen LogP contribution in [0.3, 0.4) is 0 Å². The smallest absolute Gasteiger partial charge is 0.214 e. The summed E-state index contributed by atoms with van der Waals surface area (Å²) in [7, 11) is -3.26. The summed E-state index contributed by atoms with van der Waals surface area (Å²) >= 11 is 4.87. The van der Waals surface area contributed by atoms with Crippen molar-refractivity contribution in [3.05, 3.63) is 0 Å². The highest BCUT2D eigenvalue weighted by Gasteiger charge is 2.23. The monoisotopic (exact) mass is 323 g/mol. The lowest BCUT2D eigenvalue weighted by Gasteiger charge is -2.31. The van der Waals surface area contributed by atoms with E-state index in [1.165, 1.54) is 0 Å². The second-order valence-corrected chi connectivity index (χ2v) is 7.77. The van der Waals surface area contributed by atoms with E-state index in [9.17, 15) is 8.42 Å². The first-order valence-electron chi connectivity index (χ1n) is 6.91. The molecule has 0 aromatic rings. The number of hydrogen-bond acceptors (Lipinski definition) is 5. The number of ether oxygens (including phenoxy) is 1. The minimum absolute atomic E-state index is 0.00152. The van der Waals surface area contributed by atoms with E-state index in [0.717, 1.165) is 25.9 Å². The molecule has 0 amide bonds. The number of nitrogens with one attached hydrogen (secondary N) is 1. The van der Waals surface area contributed by atoms with Gasteiger partial charge in [0, 0.05) is 25.7 Å². The van der Waals surface area contributed by atoms with Crippen LogP contribution < -0.4 is 10.5 Å². The van der Waals surface area contributed by atoms with Gasteiger partial charge in [0.05, 0.1) is 23.5 Å². The molecule has 3 N–H and O–H groups in total. The molecule has 1 heterocycles. The van der Waals surface area contributed by atoms with Gasteiger partial charge in [-0.15, -0.1) is 0 Å². The Morgan fingerprint density at radius 2 is 2.05 bits per heavy atom. The maximum absolute atomic E-state index is 11.9. The lowest BCUT2D eigenvalue weighted by Crippen LogP contribution is -2.47. The summed E-state index contributed by atoms with van der Waals surface area (Å²) in [6.07, 6.45) is 1.62. The molecule has 0 spiro atoms.